The number of aldehydes is 2. The topological polar surface area (TPSA) is 43.4 Å². The second-order valence-corrected chi connectivity index (χ2v) is 11.7. The Morgan fingerprint density at radius 1 is 0.463 bits per heavy atom. The Morgan fingerprint density at radius 2 is 0.854 bits per heavy atom. The van der Waals surface area contributed by atoms with Gasteiger partial charge in [-0.3, -0.25) is 0 Å². The summed E-state index contributed by atoms with van der Waals surface area (Å²) >= 11 is 0. The first-order valence-corrected chi connectivity index (χ1v) is 17.0. The Morgan fingerprint density at radius 3 is 1.22 bits per heavy atom. The number of carbonyl (C=O) groups excluding carboxylic acids is 2. The maximum Gasteiger partial charge on any atom is 0.130 e. The van der Waals surface area contributed by atoms with Crippen molar-refractivity contribution in [3.05, 3.63) is 57.6 Å². The third-order valence-corrected chi connectivity index (χ3v) is 8.36. The molecule has 0 fully saturated rings. The molecular weight excluding hydrogens is 504 g/mol. The maximum absolute atomic E-state index is 11.5. The third-order valence-electron chi connectivity index (χ3n) is 8.36. The number of carbonyl (C=O) groups is 2. The van der Waals surface area contributed by atoms with Crippen LogP contribution in [-0.4, -0.2) is 12.6 Å². The fourth-order valence-corrected chi connectivity index (χ4v) is 6.15. The van der Waals surface area contributed by atoms with Gasteiger partial charge >= 0.3 is 0 Å². The lowest BCUT2D eigenvalue weighted by molar-refractivity contribution is -0.108. The molecule has 0 bridgehead atoms. The zero-order valence-electron chi connectivity index (χ0n) is 26.8. The molecule has 2 aromatic carbocycles. The molecule has 2 rings (SSSR count). The summed E-state index contributed by atoms with van der Waals surface area (Å²) in [6, 6.07) is 8.44. The Kier molecular flexibility index (Phi) is 18.1. The van der Waals surface area contributed by atoms with E-state index >= 15 is 0 Å². The van der Waals surface area contributed by atoms with Gasteiger partial charge in [0.2, 0.25) is 0 Å². The summed E-state index contributed by atoms with van der Waals surface area (Å²) in [6.07, 6.45) is 24.1. The summed E-state index contributed by atoms with van der Waals surface area (Å²) in [7, 11) is 0. The third kappa shape index (κ3) is 11.8. The van der Waals surface area contributed by atoms with Gasteiger partial charge in [0, 0.05) is 12.8 Å². The Balaban J connectivity index is 2.46. The van der Waals surface area contributed by atoms with Gasteiger partial charge in [-0.25, -0.2) is 0 Å². The first-order valence-electron chi connectivity index (χ1n) is 17.0. The largest absolute Gasteiger partial charge is 0.457 e. The highest BCUT2D eigenvalue weighted by Crippen LogP contribution is 2.37. The number of hydrogen-bond acceptors (Lipinski definition) is 3. The van der Waals surface area contributed by atoms with Crippen LogP contribution in [0.1, 0.15) is 151 Å². The van der Waals surface area contributed by atoms with Crippen molar-refractivity contribution < 1.29 is 14.3 Å². The summed E-state index contributed by atoms with van der Waals surface area (Å²) < 4.78 is 6.90. The van der Waals surface area contributed by atoms with E-state index < -0.39 is 0 Å². The van der Waals surface area contributed by atoms with Crippen LogP contribution in [0.3, 0.4) is 0 Å². The highest BCUT2D eigenvalue weighted by Gasteiger charge is 2.19. The van der Waals surface area contributed by atoms with E-state index in [9.17, 15) is 9.59 Å². The molecule has 0 aromatic heterocycles. The zero-order valence-corrected chi connectivity index (χ0v) is 26.8. The standard InChI is InChI=1S/C38H58O3/c1-5-9-11-13-15-17-21-35-33(19-7-3)31(27-29-39)23-25-37(35)41-38-26-24-32(28-30-40)34(20-8-4)36(38)22-18-16-14-12-10-6-2/h23-26,29-30H,5-22,27-28H2,1-4H3. The van der Waals surface area contributed by atoms with Crippen molar-refractivity contribution in [2.75, 3.05) is 0 Å². The molecule has 0 saturated carbocycles. The molecule has 0 aliphatic rings. The summed E-state index contributed by atoms with van der Waals surface area (Å²) in [5, 5.41) is 0. The molecule has 228 valence electrons. The summed E-state index contributed by atoms with van der Waals surface area (Å²) in [5.74, 6) is 1.90. The van der Waals surface area contributed by atoms with Gasteiger partial charge in [0.05, 0.1) is 0 Å². The minimum absolute atomic E-state index is 0.462. The van der Waals surface area contributed by atoms with Crippen LogP contribution in [0.25, 0.3) is 0 Å². The van der Waals surface area contributed by atoms with Crippen LogP contribution < -0.4 is 4.74 Å². The molecule has 0 heterocycles. The molecule has 0 atom stereocenters. The second-order valence-electron chi connectivity index (χ2n) is 11.7. The Hall–Kier alpha value is -2.42. The summed E-state index contributed by atoms with van der Waals surface area (Å²) in [6.45, 7) is 8.96. The van der Waals surface area contributed by atoms with Gasteiger partial charge in [0.15, 0.2) is 0 Å². The summed E-state index contributed by atoms with van der Waals surface area (Å²) in [5.41, 5.74) is 7.51. The van der Waals surface area contributed by atoms with Gasteiger partial charge in [-0.1, -0.05) is 117 Å². The highest BCUT2D eigenvalue weighted by molar-refractivity contribution is 5.61. The molecule has 0 amide bonds. The van der Waals surface area contributed by atoms with E-state index in [-0.39, 0.29) is 0 Å². The van der Waals surface area contributed by atoms with Crippen LogP contribution in [0.4, 0.5) is 0 Å². The Bertz CT molecular complexity index is 941. The van der Waals surface area contributed by atoms with Crippen molar-refractivity contribution in [1.82, 2.24) is 0 Å². The minimum Gasteiger partial charge on any atom is -0.457 e. The van der Waals surface area contributed by atoms with Crippen molar-refractivity contribution in [1.29, 1.82) is 0 Å². The van der Waals surface area contributed by atoms with E-state index in [0.29, 0.717) is 12.8 Å². The molecule has 0 radical (unpaired) electrons. The number of hydrogen-bond donors (Lipinski definition) is 0. The predicted octanol–water partition coefficient (Wildman–Crippen LogP) is 10.7. The van der Waals surface area contributed by atoms with Crippen LogP contribution in [0.15, 0.2) is 24.3 Å². The van der Waals surface area contributed by atoms with Crippen LogP contribution >= 0.6 is 0 Å². The SMILES string of the molecule is CCCCCCCCc1c(Oc2ccc(CC=O)c(CCC)c2CCCCCCCC)ccc(CC=O)c1CCC. The molecule has 0 aliphatic carbocycles. The van der Waals surface area contributed by atoms with Gasteiger partial charge < -0.3 is 14.3 Å². The van der Waals surface area contributed by atoms with Crippen molar-refractivity contribution >= 4 is 12.6 Å². The second kappa shape index (κ2) is 21.3. The molecule has 3 nitrogen and oxygen atoms in total. The van der Waals surface area contributed by atoms with E-state index in [1.54, 1.807) is 0 Å². The first-order chi connectivity index (χ1) is 20.1. The van der Waals surface area contributed by atoms with Gasteiger partial charge in [0.25, 0.3) is 0 Å². The molecule has 0 spiro atoms. The molecule has 0 aliphatic heterocycles. The van der Waals surface area contributed by atoms with E-state index in [1.807, 2.05) is 0 Å². The van der Waals surface area contributed by atoms with Crippen LogP contribution in [0.5, 0.6) is 11.5 Å². The van der Waals surface area contributed by atoms with Crippen LogP contribution in [0.2, 0.25) is 0 Å². The van der Waals surface area contributed by atoms with Gasteiger partial charge in [0.1, 0.15) is 24.1 Å². The van der Waals surface area contributed by atoms with E-state index in [2.05, 4.69) is 52.0 Å². The molecule has 3 heteroatoms. The number of unbranched alkanes of at least 4 members (excludes halogenated alkanes) is 10. The number of ether oxygens (including phenoxy) is 1. The summed E-state index contributed by atoms with van der Waals surface area (Å²) in [4.78, 5) is 23.1. The van der Waals surface area contributed by atoms with Crippen molar-refractivity contribution in [3.8, 4) is 11.5 Å². The number of rotatable bonds is 24. The Labute approximate surface area is 251 Å². The fraction of sp³-hybridized carbons (Fsp3) is 0.632. The first kappa shape index (κ1) is 34.8. The monoisotopic (exact) mass is 562 g/mol. The molecule has 0 unspecified atom stereocenters. The normalized spacial score (nSPS) is 11.1. The van der Waals surface area contributed by atoms with Crippen LogP contribution in [0, 0.1) is 0 Å². The van der Waals surface area contributed by atoms with Crippen molar-refractivity contribution in [2.24, 2.45) is 0 Å². The van der Waals surface area contributed by atoms with Gasteiger partial charge in [-0.2, -0.15) is 0 Å². The minimum atomic E-state index is 0.462. The van der Waals surface area contributed by atoms with Crippen molar-refractivity contribution in [2.45, 2.75) is 156 Å². The number of benzene rings is 2. The molecule has 0 saturated heterocycles. The molecular formula is C38H58O3. The zero-order chi connectivity index (χ0) is 29.7. The maximum atomic E-state index is 11.5. The predicted molar refractivity (Wildman–Crippen MR) is 175 cm³/mol. The quantitative estimate of drug-likeness (QED) is 0.0944. The average molecular weight is 563 g/mol. The molecule has 41 heavy (non-hydrogen) atoms. The van der Waals surface area contributed by atoms with E-state index in [0.717, 1.165) is 86.6 Å². The lowest BCUT2D eigenvalue weighted by atomic mass is 9.90. The van der Waals surface area contributed by atoms with Crippen LogP contribution in [-0.2, 0) is 48.1 Å². The molecule has 0 N–H and O–H groups in total. The average Bonchev–Trinajstić information content (AvgIpc) is 2.97. The lowest BCUT2D eigenvalue weighted by Gasteiger charge is -2.22. The van der Waals surface area contributed by atoms with Gasteiger partial charge in [-0.15, -0.1) is 0 Å². The smallest absolute Gasteiger partial charge is 0.130 e. The van der Waals surface area contributed by atoms with E-state index in [4.69, 9.17) is 4.74 Å². The van der Waals surface area contributed by atoms with Gasteiger partial charge in [-0.05, 0) is 84.0 Å². The van der Waals surface area contributed by atoms with E-state index in [1.165, 1.54) is 86.5 Å². The lowest BCUT2D eigenvalue weighted by Crippen LogP contribution is -2.07. The fourth-order valence-electron chi connectivity index (χ4n) is 6.15. The van der Waals surface area contributed by atoms with Crippen molar-refractivity contribution in [3.63, 3.8) is 0 Å². The highest BCUT2D eigenvalue weighted by atomic mass is 16.5. The molecule has 2 aromatic rings.